The molecule has 0 saturated carbocycles. The topological polar surface area (TPSA) is 140 Å². The van der Waals surface area contributed by atoms with E-state index in [0.29, 0.717) is 44.2 Å². The number of carboxylic acids is 1. The van der Waals surface area contributed by atoms with Crippen LogP contribution in [0.3, 0.4) is 0 Å². The molecule has 0 aliphatic rings. The zero-order chi connectivity index (χ0) is 30.3. The van der Waals surface area contributed by atoms with Gasteiger partial charge in [0, 0.05) is 44.0 Å². The molecule has 0 radical (unpaired) electrons. The van der Waals surface area contributed by atoms with E-state index in [9.17, 15) is 29.2 Å². The predicted octanol–water partition coefficient (Wildman–Crippen LogP) is 5.29. The smallest absolute Gasteiger partial charge is 0.333 e. The molecule has 11 nitrogen and oxygen atoms in total. The molecule has 1 unspecified atom stereocenters. The molecule has 3 aromatic carbocycles. The van der Waals surface area contributed by atoms with E-state index in [1.807, 2.05) is 0 Å². The Morgan fingerprint density at radius 1 is 0.976 bits per heavy atom. The van der Waals surface area contributed by atoms with Gasteiger partial charge in [-0.1, -0.05) is 24.3 Å². The van der Waals surface area contributed by atoms with Crippen LogP contribution >= 0.6 is 0 Å². The minimum Gasteiger partial charge on any atom is -0.492 e. The Morgan fingerprint density at radius 3 is 2.26 bits per heavy atom. The number of urea groups is 1. The minimum absolute atomic E-state index is 0.0843. The molecular weight excluding hydrogens is 549 g/mol. The molecule has 0 heterocycles. The summed E-state index contributed by atoms with van der Waals surface area (Å²) in [5, 5.41) is 22.9. The van der Waals surface area contributed by atoms with Crippen molar-refractivity contribution in [3.8, 4) is 5.75 Å². The molecule has 0 spiro atoms. The van der Waals surface area contributed by atoms with Gasteiger partial charge in [-0.15, -0.1) is 0 Å². The second kappa shape index (κ2) is 16.7. The summed E-state index contributed by atoms with van der Waals surface area (Å²) in [4.78, 5) is 36.3. The van der Waals surface area contributed by atoms with Crippen LogP contribution in [0.4, 0.5) is 20.6 Å². The van der Waals surface area contributed by atoms with E-state index in [0.717, 1.165) is 11.1 Å². The molecular formula is C30H34FN3O8. The van der Waals surface area contributed by atoms with Crippen molar-refractivity contribution in [1.82, 2.24) is 4.90 Å². The molecule has 0 aliphatic carbocycles. The Morgan fingerprint density at radius 2 is 1.64 bits per heavy atom. The van der Waals surface area contributed by atoms with Gasteiger partial charge in [0.2, 0.25) is 0 Å². The number of non-ortho nitro benzene ring substituents is 1. The third-order valence-corrected chi connectivity index (χ3v) is 6.13. The van der Waals surface area contributed by atoms with Crippen molar-refractivity contribution in [2.45, 2.75) is 32.5 Å². The number of nitrogens with zero attached hydrogens (tertiary/aromatic N) is 2. The van der Waals surface area contributed by atoms with E-state index >= 15 is 0 Å². The van der Waals surface area contributed by atoms with Crippen LogP contribution in [0.15, 0.2) is 72.8 Å². The van der Waals surface area contributed by atoms with Gasteiger partial charge in [-0.3, -0.25) is 10.1 Å². The van der Waals surface area contributed by atoms with E-state index in [1.54, 1.807) is 48.2 Å². The van der Waals surface area contributed by atoms with Crippen molar-refractivity contribution >= 4 is 23.4 Å². The monoisotopic (exact) mass is 583 g/mol. The van der Waals surface area contributed by atoms with E-state index < -0.39 is 23.0 Å². The summed E-state index contributed by atoms with van der Waals surface area (Å²) < 4.78 is 29.8. The number of anilines is 1. The largest absolute Gasteiger partial charge is 0.492 e. The number of carbonyl (C=O) groups excluding carboxylic acids is 1. The van der Waals surface area contributed by atoms with Crippen LogP contribution in [0.5, 0.6) is 5.75 Å². The van der Waals surface area contributed by atoms with Gasteiger partial charge in [0.1, 0.15) is 18.2 Å². The van der Waals surface area contributed by atoms with Crippen LogP contribution < -0.4 is 10.1 Å². The van der Waals surface area contributed by atoms with Gasteiger partial charge in [-0.25, -0.2) is 14.0 Å². The molecule has 0 bridgehead atoms. The number of carbonyl (C=O) groups is 2. The van der Waals surface area contributed by atoms with Crippen molar-refractivity contribution in [2.75, 3.05) is 38.2 Å². The summed E-state index contributed by atoms with van der Waals surface area (Å²) in [6, 6.07) is 18.1. The number of hydrogen-bond acceptors (Lipinski definition) is 7. The van der Waals surface area contributed by atoms with Crippen molar-refractivity contribution < 1.29 is 38.2 Å². The summed E-state index contributed by atoms with van der Waals surface area (Å²) in [6.45, 7) is 3.48. The molecule has 0 aromatic heterocycles. The number of aliphatic carboxylic acids is 1. The van der Waals surface area contributed by atoms with Crippen molar-refractivity contribution in [2.24, 2.45) is 0 Å². The van der Waals surface area contributed by atoms with Gasteiger partial charge in [0.05, 0.1) is 18.1 Å². The van der Waals surface area contributed by atoms with Crippen LogP contribution in [0, 0.1) is 15.9 Å². The Balaban J connectivity index is 1.53. The maximum absolute atomic E-state index is 13.1. The number of ether oxygens (including phenoxy) is 3. The normalized spacial score (nSPS) is 11.5. The molecule has 0 fully saturated rings. The van der Waals surface area contributed by atoms with Crippen molar-refractivity contribution in [3.05, 3.63) is 99.9 Å². The third-order valence-electron chi connectivity index (χ3n) is 6.13. The van der Waals surface area contributed by atoms with Crippen molar-refractivity contribution in [1.29, 1.82) is 0 Å². The molecule has 3 rings (SSSR count). The third kappa shape index (κ3) is 10.8. The summed E-state index contributed by atoms with van der Waals surface area (Å²) in [5.41, 5.74) is 1.94. The standard InChI is InChI=1S/C30H34FN3O8/c1-2-41-28(29(35)36)20-22-6-14-27(15-7-22)42-19-17-33(16-3-18-40-21-23-4-8-24(31)9-5-23)30(37)32-25-10-12-26(13-11-25)34(38)39/h4-15,28H,2-3,16-21H2,1H3,(H,32,37)(H,35,36). The molecule has 12 heteroatoms. The highest BCUT2D eigenvalue weighted by molar-refractivity contribution is 5.89. The Bertz CT molecular complexity index is 1290. The van der Waals surface area contributed by atoms with Crippen LogP contribution in [0.1, 0.15) is 24.5 Å². The van der Waals surface area contributed by atoms with Gasteiger partial charge in [-0.2, -0.15) is 0 Å². The fourth-order valence-corrected chi connectivity index (χ4v) is 3.94. The van der Waals surface area contributed by atoms with E-state index in [4.69, 9.17) is 14.2 Å². The average molecular weight is 584 g/mol. The molecule has 42 heavy (non-hydrogen) atoms. The van der Waals surface area contributed by atoms with E-state index in [-0.39, 0.29) is 31.1 Å². The fraction of sp³-hybridized carbons (Fsp3) is 0.333. The van der Waals surface area contributed by atoms with Crippen LogP contribution in [0.2, 0.25) is 0 Å². The van der Waals surface area contributed by atoms with Crippen molar-refractivity contribution in [3.63, 3.8) is 0 Å². The Hall–Kier alpha value is -4.55. The zero-order valence-electron chi connectivity index (χ0n) is 23.2. The molecule has 2 N–H and O–H groups in total. The number of rotatable bonds is 17. The lowest BCUT2D eigenvalue weighted by atomic mass is 10.1. The van der Waals surface area contributed by atoms with Crippen LogP contribution in [0.25, 0.3) is 0 Å². The summed E-state index contributed by atoms with van der Waals surface area (Å²) in [5.74, 6) is -0.787. The summed E-state index contributed by atoms with van der Waals surface area (Å²) >= 11 is 0. The second-order valence-corrected chi connectivity index (χ2v) is 9.23. The number of nitro benzene ring substituents is 1. The molecule has 224 valence electrons. The Kier molecular flexibility index (Phi) is 12.7. The van der Waals surface area contributed by atoms with E-state index in [2.05, 4.69) is 5.32 Å². The number of carboxylic acid groups (broad SMARTS) is 1. The van der Waals surface area contributed by atoms with Crippen LogP contribution in [-0.4, -0.2) is 65.9 Å². The summed E-state index contributed by atoms with van der Waals surface area (Å²) in [7, 11) is 0. The first-order valence-electron chi connectivity index (χ1n) is 13.4. The lowest BCUT2D eigenvalue weighted by Gasteiger charge is -2.23. The lowest BCUT2D eigenvalue weighted by Crippen LogP contribution is -2.39. The number of benzene rings is 3. The molecule has 3 aromatic rings. The van der Waals surface area contributed by atoms with Gasteiger partial charge in [0.15, 0.2) is 6.10 Å². The molecule has 2 amide bonds. The van der Waals surface area contributed by atoms with Gasteiger partial charge in [-0.05, 0) is 60.9 Å². The lowest BCUT2D eigenvalue weighted by molar-refractivity contribution is -0.384. The highest BCUT2D eigenvalue weighted by atomic mass is 19.1. The summed E-state index contributed by atoms with van der Waals surface area (Å²) in [6.07, 6.45) is -0.179. The number of halogens is 1. The minimum atomic E-state index is -1.02. The fourth-order valence-electron chi connectivity index (χ4n) is 3.94. The number of nitrogens with one attached hydrogen (secondary N) is 1. The number of nitro groups is 1. The maximum atomic E-state index is 13.1. The first-order chi connectivity index (χ1) is 20.2. The highest BCUT2D eigenvalue weighted by Crippen LogP contribution is 2.17. The SMILES string of the molecule is CCOC(Cc1ccc(OCCN(CCCOCc2ccc(F)cc2)C(=O)Nc2ccc([N+](=O)[O-])cc2)cc1)C(=O)O. The van der Waals surface area contributed by atoms with Crippen LogP contribution in [-0.2, 0) is 27.3 Å². The number of amides is 2. The second-order valence-electron chi connectivity index (χ2n) is 9.23. The Labute approximate surface area is 243 Å². The van der Waals surface area contributed by atoms with Gasteiger partial charge in [0.25, 0.3) is 5.69 Å². The molecule has 1 atom stereocenters. The first-order valence-corrected chi connectivity index (χ1v) is 13.4. The zero-order valence-corrected chi connectivity index (χ0v) is 23.2. The predicted molar refractivity (Wildman–Crippen MR) is 153 cm³/mol. The molecule has 0 saturated heterocycles. The molecule has 0 aliphatic heterocycles. The van der Waals surface area contributed by atoms with Gasteiger partial charge >= 0.3 is 12.0 Å². The average Bonchev–Trinajstić information content (AvgIpc) is 2.97. The first kappa shape index (κ1) is 32.0. The highest BCUT2D eigenvalue weighted by Gasteiger charge is 2.18. The quantitative estimate of drug-likeness (QED) is 0.124. The van der Waals surface area contributed by atoms with Gasteiger partial charge < -0.3 is 29.5 Å². The number of hydrogen-bond donors (Lipinski definition) is 2. The van der Waals surface area contributed by atoms with E-state index in [1.165, 1.54) is 36.4 Å². The maximum Gasteiger partial charge on any atom is 0.333 e.